The molecule has 2 heterocycles. The highest BCUT2D eigenvalue weighted by atomic mass is 16.5. The number of fused-ring (bicyclic) bond motifs is 1. The van der Waals surface area contributed by atoms with Gasteiger partial charge in [-0.2, -0.15) is 0 Å². The van der Waals surface area contributed by atoms with E-state index in [0.717, 1.165) is 39.4 Å². The van der Waals surface area contributed by atoms with E-state index in [1.54, 1.807) is 6.07 Å². The number of hydrogen-bond acceptors (Lipinski definition) is 7. The van der Waals surface area contributed by atoms with Crippen molar-refractivity contribution >= 4 is 34.0 Å². The van der Waals surface area contributed by atoms with Gasteiger partial charge in [-0.3, -0.25) is 9.69 Å². The number of ether oxygens (including phenoxy) is 1. The molecule has 0 radical (unpaired) electrons. The molecule has 0 unspecified atom stereocenters. The molecular weight excluding hydrogens is 452 g/mol. The molecule has 1 aliphatic heterocycles. The second kappa shape index (κ2) is 10.8. The third-order valence-corrected chi connectivity index (χ3v) is 5.38. The number of likely N-dealkylation sites (N-methyl/N-ethyl adjacent to an activating group) is 1. The zero-order chi connectivity index (χ0) is 25.7. The van der Waals surface area contributed by atoms with Crippen LogP contribution in [0.4, 0.5) is 17.2 Å². The van der Waals surface area contributed by atoms with Gasteiger partial charge in [-0.1, -0.05) is 12.5 Å². The summed E-state index contributed by atoms with van der Waals surface area (Å²) < 4.78 is 6.05. The molecule has 2 aromatic carbocycles. The fourth-order valence-electron chi connectivity index (χ4n) is 3.44. The highest BCUT2D eigenvalue weighted by Gasteiger charge is 2.11. The number of aryl methyl sites for hydroxylation is 1. The van der Waals surface area contributed by atoms with Gasteiger partial charge in [0.25, 0.3) is 5.91 Å². The van der Waals surface area contributed by atoms with Crippen LogP contribution in [-0.4, -0.2) is 53.4 Å². The number of aromatic nitrogens is 2. The van der Waals surface area contributed by atoms with Gasteiger partial charge in [-0.25, -0.2) is 9.97 Å². The van der Waals surface area contributed by atoms with E-state index >= 15 is 0 Å². The van der Waals surface area contributed by atoms with Crippen LogP contribution in [0.2, 0.25) is 0 Å². The molecule has 2 N–H and O–H groups in total. The van der Waals surface area contributed by atoms with E-state index in [4.69, 9.17) is 4.74 Å². The lowest BCUT2D eigenvalue weighted by Crippen LogP contribution is -2.13. The van der Waals surface area contributed by atoms with E-state index in [2.05, 4.69) is 39.0 Å². The molecule has 0 saturated carbocycles. The maximum Gasteiger partial charge on any atom is 0.300 e. The van der Waals surface area contributed by atoms with E-state index < -0.39 is 0 Å². The van der Waals surface area contributed by atoms with Crippen LogP contribution in [0.5, 0.6) is 5.75 Å². The van der Waals surface area contributed by atoms with Crippen molar-refractivity contribution in [1.82, 2.24) is 19.8 Å². The van der Waals surface area contributed by atoms with Gasteiger partial charge < -0.3 is 20.3 Å². The summed E-state index contributed by atoms with van der Waals surface area (Å²) in [7, 11) is 5.73. The summed E-state index contributed by atoms with van der Waals surface area (Å²) in [5, 5.41) is 6.94. The van der Waals surface area contributed by atoms with Crippen LogP contribution in [0, 0.1) is 18.8 Å². The molecule has 4 rings (SSSR count). The first-order valence-corrected chi connectivity index (χ1v) is 11.3. The fraction of sp³-hybridized carbons (Fsp3) is 0.179. The summed E-state index contributed by atoms with van der Waals surface area (Å²) in [6.45, 7) is 6.50. The van der Waals surface area contributed by atoms with Gasteiger partial charge >= 0.3 is 0 Å². The third-order valence-electron chi connectivity index (χ3n) is 5.38. The van der Waals surface area contributed by atoms with Crippen molar-refractivity contribution in [3.05, 3.63) is 84.7 Å². The average molecular weight is 481 g/mol. The van der Waals surface area contributed by atoms with Crippen molar-refractivity contribution in [3.63, 3.8) is 0 Å². The Balaban J connectivity index is 1.51. The lowest BCUT2D eigenvalue weighted by atomic mass is 10.1. The molecule has 1 aliphatic rings. The zero-order valence-electron chi connectivity index (χ0n) is 20.8. The molecule has 8 nitrogen and oxygen atoms in total. The summed E-state index contributed by atoms with van der Waals surface area (Å²) >= 11 is 0. The highest BCUT2D eigenvalue weighted by molar-refractivity contribution is 6.05. The third kappa shape index (κ3) is 6.09. The second-order valence-corrected chi connectivity index (χ2v) is 8.62. The Kier molecular flexibility index (Phi) is 7.33. The Morgan fingerprint density at radius 3 is 2.72 bits per heavy atom. The monoisotopic (exact) mass is 480 g/mol. The quantitative estimate of drug-likeness (QED) is 0.506. The van der Waals surface area contributed by atoms with Crippen molar-refractivity contribution in [2.75, 3.05) is 38.3 Å². The first kappa shape index (κ1) is 24.5. The number of anilines is 3. The normalized spacial score (nSPS) is 12.8. The van der Waals surface area contributed by atoms with Crippen LogP contribution in [0.3, 0.4) is 0 Å². The van der Waals surface area contributed by atoms with Gasteiger partial charge in [0.05, 0.1) is 12.1 Å². The highest BCUT2D eigenvalue weighted by Crippen LogP contribution is 2.29. The smallest absolute Gasteiger partial charge is 0.300 e. The lowest BCUT2D eigenvalue weighted by molar-refractivity contribution is -0.111. The number of amides is 1. The predicted molar refractivity (Wildman–Crippen MR) is 144 cm³/mol. The minimum absolute atomic E-state index is 0.369. The average Bonchev–Trinajstić information content (AvgIpc) is 2.83. The summed E-state index contributed by atoms with van der Waals surface area (Å²) in [6, 6.07) is 11.3. The van der Waals surface area contributed by atoms with Crippen molar-refractivity contribution in [3.8, 4) is 17.6 Å². The number of rotatable bonds is 6. The SMILES string of the molecule is C=C1C=C(Oc2ccc(Nc3ncnc4ccc(NC(=O)C#CCN(C)C)cc34)cc2C)C=CN1C. The van der Waals surface area contributed by atoms with Gasteiger partial charge in [0.2, 0.25) is 0 Å². The van der Waals surface area contributed by atoms with E-state index in [9.17, 15) is 4.79 Å². The number of carbonyl (C=O) groups excluding carboxylic acids is 1. The Morgan fingerprint density at radius 2 is 1.97 bits per heavy atom. The number of nitrogens with zero attached hydrogens (tertiary/aromatic N) is 4. The Morgan fingerprint density at radius 1 is 1.17 bits per heavy atom. The van der Waals surface area contributed by atoms with Crippen molar-refractivity contribution in [2.45, 2.75) is 6.92 Å². The molecule has 0 atom stereocenters. The van der Waals surface area contributed by atoms with Crippen LogP contribution in [0.15, 0.2) is 79.1 Å². The van der Waals surface area contributed by atoms with Gasteiger partial charge in [0.15, 0.2) is 0 Å². The molecule has 0 aliphatic carbocycles. The Hall–Kier alpha value is -4.61. The summed E-state index contributed by atoms with van der Waals surface area (Å²) in [5.41, 5.74) is 4.03. The largest absolute Gasteiger partial charge is 0.457 e. The minimum atomic E-state index is -0.369. The maximum absolute atomic E-state index is 12.2. The summed E-state index contributed by atoms with van der Waals surface area (Å²) in [6.07, 6.45) is 7.21. The first-order valence-electron chi connectivity index (χ1n) is 11.3. The van der Waals surface area contributed by atoms with Crippen molar-refractivity contribution in [2.24, 2.45) is 0 Å². The van der Waals surface area contributed by atoms with Gasteiger partial charge in [0, 0.05) is 41.8 Å². The molecule has 0 saturated heterocycles. The molecule has 0 spiro atoms. The lowest BCUT2D eigenvalue weighted by Gasteiger charge is -2.20. The maximum atomic E-state index is 12.2. The van der Waals surface area contributed by atoms with Crippen LogP contribution in [0.1, 0.15) is 5.56 Å². The van der Waals surface area contributed by atoms with Crippen molar-refractivity contribution in [1.29, 1.82) is 0 Å². The minimum Gasteiger partial charge on any atom is -0.457 e. The second-order valence-electron chi connectivity index (χ2n) is 8.62. The van der Waals surface area contributed by atoms with E-state index in [1.165, 1.54) is 6.33 Å². The van der Waals surface area contributed by atoms with Crippen LogP contribution < -0.4 is 15.4 Å². The molecule has 3 aromatic rings. The standard InChI is InChI=1S/C28H28N6O2/c1-19-15-21(9-11-26(19)36-23-12-14-34(5)20(2)16-23)32-28-24-17-22(8-10-25(24)29-18-30-28)31-27(35)7-6-13-33(3)4/h8-12,14-18H,2,13H2,1,3-5H3,(H,31,35)(H,29,30,32). The Labute approximate surface area is 211 Å². The molecule has 182 valence electrons. The predicted octanol–water partition coefficient (Wildman–Crippen LogP) is 4.42. The van der Waals surface area contributed by atoms with E-state index in [1.807, 2.05) is 86.6 Å². The zero-order valence-corrected chi connectivity index (χ0v) is 20.8. The summed E-state index contributed by atoms with van der Waals surface area (Å²) in [4.78, 5) is 24.8. The van der Waals surface area contributed by atoms with Crippen LogP contribution >= 0.6 is 0 Å². The molecule has 0 bridgehead atoms. The van der Waals surface area contributed by atoms with Gasteiger partial charge in [-0.05, 0) is 75.0 Å². The molecule has 36 heavy (non-hydrogen) atoms. The Bertz CT molecular complexity index is 1450. The van der Waals surface area contributed by atoms with E-state index in [0.29, 0.717) is 18.1 Å². The van der Waals surface area contributed by atoms with Gasteiger partial charge in [0.1, 0.15) is 23.7 Å². The number of allylic oxidation sites excluding steroid dienone is 2. The fourth-order valence-corrected chi connectivity index (χ4v) is 3.44. The van der Waals surface area contributed by atoms with Crippen LogP contribution in [0.25, 0.3) is 10.9 Å². The number of carbonyl (C=O) groups is 1. The van der Waals surface area contributed by atoms with E-state index in [-0.39, 0.29) is 5.91 Å². The molecule has 8 heteroatoms. The first-order chi connectivity index (χ1) is 17.3. The summed E-state index contributed by atoms with van der Waals surface area (Å²) in [5.74, 6) is 7.16. The molecule has 1 aromatic heterocycles. The number of nitrogens with one attached hydrogen (secondary N) is 2. The number of hydrogen-bond donors (Lipinski definition) is 2. The van der Waals surface area contributed by atoms with Crippen LogP contribution in [-0.2, 0) is 4.79 Å². The number of benzene rings is 2. The molecular formula is C28H28N6O2. The molecule has 0 fully saturated rings. The molecule has 1 amide bonds. The topological polar surface area (TPSA) is 82.6 Å². The van der Waals surface area contributed by atoms with Gasteiger partial charge in [-0.15, -0.1) is 0 Å². The van der Waals surface area contributed by atoms with Crippen molar-refractivity contribution < 1.29 is 9.53 Å².